The summed E-state index contributed by atoms with van der Waals surface area (Å²) in [6.07, 6.45) is 0. The molecule has 0 fully saturated rings. The predicted octanol–water partition coefficient (Wildman–Crippen LogP) is 2.48. The van der Waals surface area contributed by atoms with Crippen LogP contribution in [0.25, 0.3) is 0 Å². The Morgan fingerprint density at radius 1 is 1.09 bits per heavy atom. The maximum atomic E-state index is 12.3. The van der Waals surface area contributed by atoms with E-state index in [1.165, 1.54) is 24.3 Å². The number of sulfonamides is 1. The van der Waals surface area contributed by atoms with Gasteiger partial charge in [-0.05, 0) is 48.9 Å². The number of benzene rings is 2. The Balaban J connectivity index is 2.19. The smallest absolute Gasteiger partial charge is 0.248 e. The molecule has 0 radical (unpaired) electrons. The fourth-order valence-corrected chi connectivity index (χ4v) is 3.28. The lowest BCUT2D eigenvalue weighted by molar-refractivity contribution is 0.1000. The van der Waals surface area contributed by atoms with E-state index in [0.717, 1.165) is 5.56 Å². The van der Waals surface area contributed by atoms with Gasteiger partial charge in [0.1, 0.15) is 0 Å². The number of nitrogens with one attached hydrogen (secondary N) is 1. The highest BCUT2D eigenvalue weighted by Crippen LogP contribution is 2.19. The summed E-state index contributed by atoms with van der Waals surface area (Å²) in [6, 6.07) is 11.9. The first kappa shape index (κ1) is 16.5. The zero-order valence-corrected chi connectivity index (χ0v) is 13.4. The summed E-state index contributed by atoms with van der Waals surface area (Å²) in [5.41, 5.74) is 6.17. The summed E-state index contributed by atoms with van der Waals surface area (Å²) in [4.78, 5) is 11.1. The fourth-order valence-electron chi connectivity index (χ4n) is 1.92. The van der Waals surface area contributed by atoms with Gasteiger partial charge in [-0.1, -0.05) is 23.7 Å². The average molecular weight is 339 g/mol. The molecule has 2 rings (SSSR count). The molecular weight excluding hydrogens is 324 g/mol. The van der Waals surface area contributed by atoms with Crippen LogP contribution in [0, 0.1) is 0 Å². The summed E-state index contributed by atoms with van der Waals surface area (Å²) in [7, 11) is -3.70. The van der Waals surface area contributed by atoms with E-state index in [1.54, 1.807) is 31.2 Å². The molecule has 2 aromatic carbocycles. The molecular formula is C15H15ClN2O3S. The standard InChI is InChI=1S/C15H15ClN2O3S/c1-10(11-2-6-13(16)7-3-11)18-22(20,21)14-8-4-12(5-9-14)15(17)19/h2-10,18H,1H3,(H2,17,19). The Labute approximate surface area is 134 Å². The quantitative estimate of drug-likeness (QED) is 0.877. The molecule has 2 aromatic rings. The molecule has 0 heterocycles. The summed E-state index contributed by atoms with van der Waals surface area (Å²) >= 11 is 5.81. The molecule has 1 amide bonds. The van der Waals surface area contributed by atoms with Crippen LogP contribution in [0.3, 0.4) is 0 Å². The van der Waals surface area contributed by atoms with Crippen molar-refractivity contribution in [3.05, 3.63) is 64.7 Å². The average Bonchev–Trinajstić information content (AvgIpc) is 2.47. The van der Waals surface area contributed by atoms with Crippen molar-refractivity contribution in [1.29, 1.82) is 0 Å². The molecule has 0 aromatic heterocycles. The van der Waals surface area contributed by atoms with Crippen LogP contribution in [0.15, 0.2) is 53.4 Å². The molecule has 0 saturated carbocycles. The highest BCUT2D eigenvalue weighted by molar-refractivity contribution is 7.89. The summed E-state index contributed by atoms with van der Waals surface area (Å²) in [6.45, 7) is 1.73. The van der Waals surface area contributed by atoms with Crippen molar-refractivity contribution in [3.8, 4) is 0 Å². The number of halogens is 1. The van der Waals surface area contributed by atoms with Crippen LogP contribution < -0.4 is 10.5 Å². The second-order valence-corrected chi connectivity index (χ2v) is 6.93. The Morgan fingerprint density at radius 2 is 1.64 bits per heavy atom. The van der Waals surface area contributed by atoms with Crippen molar-refractivity contribution < 1.29 is 13.2 Å². The van der Waals surface area contributed by atoms with Gasteiger partial charge in [-0.3, -0.25) is 4.79 Å². The van der Waals surface area contributed by atoms with Gasteiger partial charge >= 0.3 is 0 Å². The molecule has 0 saturated heterocycles. The number of carbonyl (C=O) groups excluding carboxylic acids is 1. The number of amides is 1. The Hall–Kier alpha value is -1.89. The third kappa shape index (κ3) is 3.85. The molecule has 1 atom stereocenters. The molecule has 7 heteroatoms. The van der Waals surface area contributed by atoms with Gasteiger partial charge < -0.3 is 5.73 Å². The molecule has 1 unspecified atom stereocenters. The lowest BCUT2D eigenvalue weighted by atomic mass is 10.1. The van der Waals surface area contributed by atoms with Crippen LogP contribution in [0.2, 0.25) is 5.02 Å². The fraction of sp³-hybridized carbons (Fsp3) is 0.133. The van der Waals surface area contributed by atoms with E-state index >= 15 is 0 Å². The number of primary amides is 1. The van der Waals surface area contributed by atoms with E-state index in [4.69, 9.17) is 17.3 Å². The second kappa shape index (κ2) is 6.48. The van der Waals surface area contributed by atoms with Gasteiger partial charge in [-0.2, -0.15) is 0 Å². The number of carbonyl (C=O) groups is 1. The van der Waals surface area contributed by atoms with Crippen molar-refractivity contribution in [2.75, 3.05) is 0 Å². The van der Waals surface area contributed by atoms with E-state index in [1.807, 2.05) is 0 Å². The number of nitrogens with two attached hydrogens (primary N) is 1. The van der Waals surface area contributed by atoms with Crippen LogP contribution in [0.5, 0.6) is 0 Å². The van der Waals surface area contributed by atoms with Crippen molar-refractivity contribution in [1.82, 2.24) is 4.72 Å². The second-order valence-electron chi connectivity index (χ2n) is 4.78. The molecule has 0 aliphatic rings. The number of rotatable bonds is 5. The SMILES string of the molecule is CC(NS(=O)(=O)c1ccc(C(N)=O)cc1)c1ccc(Cl)cc1. The molecule has 5 nitrogen and oxygen atoms in total. The maximum Gasteiger partial charge on any atom is 0.248 e. The van der Waals surface area contributed by atoms with Gasteiger partial charge in [0.15, 0.2) is 0 Å². The van der Waals surface area contributed by atoms with Crippen LogP contribution in [0.4, 0.5) is 0 Å². The Kier molecular flexibility index (Phi) is 4.85. The maximum absolute atomic E-state index is 12.3. The number of hydrogen-bond donors (Lipinski definition) is 2. The predicted molar refractivity (Wildman–Crippen MR) is 85.1 cm³/mol. The van der Waals surface area contributed by atoms with E-state index in [2.05, 4.69) is 4.72 Å². The Bertz CT molecular complexity index is 771. The van der Waals surface area contributed by atoms with Gasteiger partial charge in [0, 0.05) is 16.6 Å². The van der Waals surface area contributed by atoms with Crippen LogP contribution in [-0.4, -0.2) is 14.3 Å². The molecule has 0 spiro atoms. The zero-order chi connectivity index (χ0) is 16.3. The molecule has 22 heavy (non-hydrogen) atoms. The highest BCUT2D eigenvalue weighted by atomic mass is 35.5. The van der Waals surface area contributed by atoms with Gasteiger partial charge in [-0.15, -0.1) is 0 Å². The van der Waals surface area contributed by atoms with Gasteiger partial charge in [-0.25, -0.2) is 13.1 Å². The minimum atomic E-state index is -3.70. The van der Waals surface area contributed by atoms with Gasteiger partial charge in [0.05, 0.1) is 4.90 Å². The summed E-state index contributed by atoms with van der Waals surface area (Å²) in [5.74, 6) is -0.605. The zero-order valence-electron chi connectivity index (χ0n) is 11.8. The third-order valence-electron chi connectivity index (χ3n) is 3.15. The first-order valence-electron chi connectivity index (χ1n) is 6.47. The van der Waals surface area contributed by atoms with Crippen molar-refractivity contribution in [2.45, 2.75) is 17.9 Å². The summed E-state index contributed by atoms with van der Waals surface area (Å²) < 4.78 is 27.2. The Morgan fingerprint density at radius 3 is 2.14 bits per heavy atom. The first-order valence-corrected chi connectivity index (χ1v) is 8.33. The molecule has 0 aliphatic carbocycles. The largest absolute Gasteiger partial charge is 0.366 e. The molecule has 0 bridgehead atoms. The van der Waals surface area contributed by atoms with E-state index < -0.39 is 22.0 Å². The van der Waals surface area contributed by atoms with Crippen LogP contribution in [-0.2, 0) is 10.0 Å². The third-order valence-corrected chi connectivity index (χ3v) is 4.96. The van der Waals surface area contributed by atoms with Gasteiger partial charge in [0.2, 0.25) is 15.9 Å². The van der Waals surface area contributed by atoms with Crippen molar-refractivity contribution in [2.24, 2.45) is 5.73 Å². The van der Waals surface area contributed by atoms with Crippen molar-refractivity contribution in [3.63, 3.8) is 0 Å². The normalized spacial score (nSPS) is 12.8. The highest BCUT2D eigenvalue weighted by Gasteiger charge is 2.18. The van der Waals surface area contributed by atoms with E-state index in [-0.39, 0.29) is 10.5 Å². The minimum absolute atomic E-state index is 0.0679. The monoisotopic (exact) mass is 338 g/mol. The van der Waals surface area contributed by atoms with E-state index in [0.29, 0.717) is 5.02 Å². The topological polar surface area (TPSA) is 89.3 Å². The minimum Gasteiger partial charge on any atom is -0.366 e. The molecule has 0 aliphatic heterocycles. The molecule has 3 N–H and O–H groups in total. The lowest BCUT2D eigenvalue weighted by Gasteiger charge is -2.15. The number of hydrogen-bond acceptors (Lipinski definition) is 3. The van der Waals surface area contributed by atoms with Crippen LogP contribution >= 0.6 is 11.6 Å². The molecule has 116 valence electrons. The first-order chi connectivity index (χ1) is 10.3. The van der Waals surface area contributed by atoms with Crippen molar-refractivity contribution >= 4 is 27.5 Å². The van der Waals surface area contributed by atoms with Crippen LogP contribution in [0.1, 0.15) is 28.9 Å². The lowest BCUT2D eigenvalue weighted by Crippen LogP contribution is -2.27. The van der Waals surface area contributed by atoms with Gasteiger partial charge in [0.25, 0.3) is 0 Å². The van der Waals surface area contributed by atoms with E-state index in [9.17, 15) is 13.2 Å². The summed E-state index contributed by atoms with van der Waals surface area (Å²) in [5, 5.41) is 0.584.